The van der Waals surface area contributed by atoms with Gasteiger partial charge in [-0.05, 0) is 19.1 Å². The van der Waals surface area contributed by atoms with Crippen molar-refractivity contribution in [3.05, 3.63) is 57.9 Å². The Morgan fingerprint density at radius 2 is 2.15 bits per heavy atom. The van der Waals surface area contributed by atoms with Crippen molar-refractivity contribution in [2.75, 3.05) is 0 Å². The van der Waals surface area contributed by atoms with Gasteiger partial charge in [0.25, 0.3) is 11.6 Å². The molecule has 1 N–H and O–H groups in total. The van der Waals surface area contributed by atoms with Crippen LogP contribution < -0.4 is 5.32 Å². The molecule has 1 heterocycles. The zero-order valence-electron chi connectivity index (χ0n) is 10.9. The molecule has 7 heteroatoms. The van der Waals surface area contributed by atoms with Gasteiger partial charge < -0.3 is 5.32 Å². The van der Waals surface area contributed by atoms with Crippen molar-refractivity contribution < 1.29 is 9.72 Å². The Morgan fingerprint density at radius 1 is 1.40 bits per heavy atom. The number of benzene rings is 1. The highest BCUT2D eigenvalue weighted by atomic mass is 16.6. The summed E-state index contributed by atoms with van der Waals surface area (Å²) in [6.07, 6.45) is 1.65. The Balaban J connectivity index is 2.11. The van der Waals surface area contributed by atoms with Crippen LogP contribution in [0.2, 0.25) is 0 Å². The van der Waals surface area contributed by atoms with E-state index < -0.39 is 10.8 Å². The number of aromatic nitrogens is 2. The minimum atomic E-state index is -0.564. The lowest BCUT2D eigenvalue weighted by Crippen LogP contribution is -2.25. The summed E-state index contributed by atoms with van der Waals surface area (Å²) in [6.45, 7) is 2.92. The number of carbonyl (C=O) groups is 1. The van der Waals surface area contributed by atoms with E-state index in [-0.39, 0.29) is 17.8 Å². The second-order valence-corrected chi connectivity index (χ2v) is 4.10. The van der Waals surface area contributed by atoms with Crippen LogP contribution in [-0.2, 0) is 13.1 Å². The van der Waals surface area contributed by atoms with E-state index in [0.29, 0.717) is 6.54 Å². The molecule has 2 aromatic rings. The number of aryl methyl sites for hydroxylation is 1. The van der Waals surface area contributed by atoms with E-state index in [4.69, 9.17) is 0 Å². The van der Waals surface area contributed by atoms with Crippen molar-refractivity contribution in [3.63, 3.8) is 0 Å². The second-order valence-electron chi connectivity index (χ2n) is 4.10. The first-order valence-electron chi connectivity index (χ1n) is 6.15. The predicted octanol–water partition coefficient (Wildman–Crippen LogP) is 1.74. The second kappa shape index (κ2) is 5.96. The summed E-state index contributed by atoms with van der Waals surface area (Å²) >= 11 is 0. The van der Waals surface area contributed by atoms with Crippen molar-refractivity contribution in [1.29, 1.82) is 0 Å². The first-order valence-corrected chi connectivity index (χ1v) is 6.15. The van der Waals surface area contributed by atoms with Gasteiger partial charge in [-0.15, -0.1) is 0 Å². The average molecular weight is 274 g/mol. The Kier molecular flexibility index (Phi) is 4.09. The maximum absolute atomic E-state index is 12.0. The molecule has 20 heavy (non-hydrogen) atoms. The van der Waals surface area contributed by atoms with Crippen LogP contribution in [0.3, 0.4) is 0 Å². The molecule has 0 fully saturated rings. The molecule has 0 spiro atoms. The molecule has 0 aliphatic heterocycles. The monoisotopic (exact) mass is 274 g/mol. The minimum Gasteiger partial charge on any atom is -0.346 e. The summed E-state index contributed by atoms with van der Waals surface area (Å²) in [4.78, 5) is 22.3. The lowest BCUT2D eigenvalue weighted by atomic mass is 10.1. The molecule has 2 rings (SSSR count). The van der Waals surface area contributed by atoms with Gasteiger partial charge in [0, 0.05) is 18.8 Å². The number of nitro benzene ring substituents is 1. The molecule has 0 saturated heterocycles. The molecule has 0 bridgehead atoms. The Morgan fingerprint density at radius 3 is 2.85 bits per heavy atom. The molecule has 0 atom stereocenters. The fourth-order valence-corrected chi connectivity index (χ4v) is 1.89. The van der Waals surface area contributed by atoms with Crippen LogP contribution in [0.15, 0.2) is 36.5 Å². The van der Waals surface area contributed by atoms with Gasteiger partial charge in [-0.1, -0.05) is 12.1 Å². The van der Waals surface area contributed by atoms with E-state index >= 15 is 0 Å². The van der Waals surface area contributed by atoms with Crippen molar-refractivity contribution in [2.24, 2.45) is 0 Å². The summed E-state index contributed by atoms with van der Waals surface area (Å²) in [5.74, 6) is -0.471. The van der Waals surface area contributed by atoms with Crippen LogP contribution >= 0.6 is 0 Å². The van der Waals surface area contributed by atoms with Crippen LogP contribution in [0, 0.1) is 10.1 Å². The molecule has 1 aromatic heterocycles. The van der Waals surface area contributed by atoms with Gasteiger partial charge in [0.1, 0.15) is 5.56 Å². The molecule has 7 nitrogen and oxygen atoms in total. The van der Waals surface area contributed by atoms with Gasteiger partial charge in [0.2, 0.25) is 0 Å². The molecule has 0 unspecified atom stereocenters. The van der Waals surface area contributed by atoms with E-state index in [1.54, 1.807) is 23.0 Å². The zero-order chi connectivity index (χ0) is 14.5. The number of nitrogens with one attached hydrogen (secondary N) is 1. The van der Waals surface area contributed by atoms with Crippen LogP contribution in [0.5, 0.6) is 0 Å². The van der Waals surface area contributed by atoms with E-state index in [0.717, 1.165) is 5.69 Å². The summed E-state index contributed by atoms with van der Waals surface area (Å²) in [5, 5.41) is 17.6. The fourth-order valence-electron chi connectivity index (χ4n) is 1.89. The highest BCUT2D eigenvalue weighted by molar-refractivity contribution is 5.98. The normalized spacial score (nSPS) is 10.2. The van der Waals surface area contributed by atoms with Gasteiger partial charge in [0.15, 0.2) is 0 Å². The number of carbonyl (C=O) groups excluding carboxylic acids is 1. The largest absolute Gasteiger partial charge is 0.346 e. The van der Waals surface area contributed by atoms with Crippen LogP contribution in [-0.4, -0.2) is 20.6 Å². The van der Waals surface area contributed by atoms with Crippen molar-refractivity contribution in [1.82, 2.24) is 15.1 Å². The van der Waals surface area contributed by atoms with E-state index in [2.05, 4.69) is 10.4 Å². The molecule has 104 valence electrons. The summed E-state index contributed by atoms with van der Waals surface area (Å²) in [7, 11) is 0. The number of hydrogen-bond acceptors (Lipinski definition) is 4. The maximum Gasteiger partial charge on any atom is 0.282 e. The van der Waals surface area contributed by atoms with E-state index in [1.807, 2.05) is 6.92 Å². The van der Waals surface area contributed by atoms with Gasteiger partial charge in [-0.2, -0.15) is 5.10 Å². The molecule has 0 saturated carbocycles. The van der Waals surface area contributed by atoms with Crippen LogP contribution in [0.1, 0.15) is 23.0 Å². The smallest absolute Gasteiger partial charge is 0.282 e. The quantitative estimate of drug-likeness (QED) is 0.664. The average Bonchev–Trinajstić information content (AvgIpc) is 2.92. The third kappa shape index (κ3) is 2.82. The minimum absolute atomic E-state index is 0.0556. The highest BCUT2D eigenvalue weighted by Crippen LogP contribution is 2.17. The van der Waals surface area contributed by atoms with Gasteiger partial charge >= 0.3 is 0 Å². The van der Waals surface area contributed by atoms with Crippen LogP contribution in [0.25, 0.3) is 0 Å². The van der Waals surface area contributed by atoms with Crippen molar-refractivity contribution in [3.8, 4) is 0 Å². The fraction of sp³-hybridized carbons (Fsp3) is 0.231. The Hall–Kier alpha value is -2.70. The molecule has 0 aliphatic rings. The molecule has 1 amide bonds. The topological polar surface area (TPSA) is 90.1 Å². The van der Waals surface area contributed by atoms with Crippen molar-refractivity contribution in [2.45, 2.75) is 20.0 Å². The molecular formula is C13H14N4O3. The summed E-state index contributed by atoms with van der Waals surface area (Å²) in [6, 6.07) is 7.66. The first-order chi connectivity index (χ1) is 9.63. The number of nitrogens with zero attached hydrogens (tertiary/aromatic N) is 3. The zero-order valence-corrected chi connectivity index (χ0v) is 10.9. The number of amides is 1. The Bertz CT molecular complexity index is 636. The van der Waals surface area contributed by atoms with Crippen molar-refractivity contribution >= 4 is 11.6 Å². The number of para-hydroxylation sites is 1. The highest BCUT2D eigenvalue weighted by Gasteiger charge is 2.18. The summed E-state index contributed by atoms with van der Waals surface area (Å²) < 4.78 is 1.75. The molecule has 0 aliphatic carbocycles. The predicted molar refractivity (Wildman–Crippen MR) is 72.2 cm³/mol. The molecule has 1 aromatic carbocycles. The SMILES string of the molecule is CCn1nccc1CNC(=O)c1ccccc1[N+](=O)[O-]. The lowest BCUT2D eigenvalue weighted by Gasteiger charge is -2.07. The first kappa shape index (κ1) is 13.7. The maximum atomic E-state index is 12.0. The van der Waals surface area contributed by atoms with Gasteiger partial charge in [-0.3, -0.25) is 19.6 Å². The lowest BCUT2D eigenvalue weighted by molar-refractivity contribution is -0.385. The molecule has 0 radical (unpaired) electrons. The number of nitro groups is 1. The van der Waals surface area contributed by atoms with Crippen LogP contribution in [0.4, 0.5) is 5.69 Å². The molecular weight excluding hydrogens is 260 g/mol. The number of hydrogen-bond donors (Lipinski definition) is 1. The standard InChI is InChI=1S/C13H14N4O3/c1-2-16-10(7-8-15-16)9-14-13(18)11-5-3-4-6-12(11)17(19)20/h3-8H,2,9H2,1H3,(H,14,18). The Labute approximate surface area is 115 Å². The van der Waals surface area contributed by atoms with E-state index in [9.17, 15) is 14.9 Å². The van der Waals surface area contributed by atoms with E-state index in [1.165, 1.54) is 18.2 Å². The van der Waals surface area contributed by atoms with Gasteiger partial charge in [0.05, 0.1) is 17.2 Å². The van der Waals surface area contributed by atoms with Gasteiger partial charge in [-0.25, -0.2) is 0 Å². The number of rotatable bonds is 5. The third-order valence-electron chi connectivity index (χ3n) is 2.88. The third-order valence-corrected chi connectivity index (χ3v) is 2.88. The summed E-state index contributed by atoms with van der Waals surface area (Å²) in [5.41, 5.74) is 0.702.